The Kier molecular flexibility index (Phi) is 7.28. The Morgan fingerprint density at radius 1 is 1.21 bits per heavy atom. The van der Waals surface area contributed by atoms with Gasteiger partial charge < -0.3 is 10.6 Å². The number of nitrogens with one attached hydrogen (secondary N) is 2. The minimum absolute atomic E-state index is 0.0233. The second-order valence-electron chi connectivity index (χ2n) is 10.9. The molecule has 0 spiro atoms. The van der Waals surface area contributed by atoms with E-state index in [4.69, 9.17) is 0 Å². The van der Waals surface area contributed by atoms with Crippen molar-refractivity contribution in [3.63, 3.8) is 0 Å². The zero-order valence-corrected chi connectivity index (χ0v) is 23.0. The number of hydrogen-bond donors (Lipinski definition) is 2. The number of fused-ring (bicyclic) bond motifs is 3. The van der Waals surface area contributed by atoms with Crippen LogP contribution >= 0.6 is 11.8 Å². The Morgan fingerprint density at radius 2 is 1.97 bits per heavy atom. The molecule has 5 heterocycles. The molecule has 3 aromatic rings. The van der Waals surface area contributed by atoms with E-state index in [9.17, 15) is 18.0 Å². The maximum atomic E-state index is 13.5. The Balaban J connectivity index is 1.37. The molecule has 2 bridgehead atoms. The summed E-state index contributed by atoms with van der Waals surface area (Å²) in [6.07, 6.45) is 10.3. The lowest BCUT2D eigenvalue weighted by atomic mass is 9.98. The van der Waals surface area contributed by atoms with Crippen LogP contribution in [0, 0.1) is 11.8 Å². The van der Waals surface area contributed by atoms with Crippen molar-refractivity contribution in [1.29, 1.82) is 0 Å². The number of likely N-dealkylation sites (N-methyl/N-ethyl adjacent to an activating group) is 1. The van der Waals surface area contributed by atoms with E-state index in [1.807, 2.05) is 20.8 Å². The fraction of sp³-hybridized carbons (Fsp3) is 0.538. The smallest absolute Gasteiger partial charge is 0.363 e. The molecule has 0 unspecified atom stereocenters. The molecule has 0 radical (unpaired) electrons. The van der Waals surface area contributed by atoms with Crippen LogP contribution in [0.2, 0.25) is 0 Å². The largest absolute Gasteiger partial charge is 0.447 e. The van der Waals surface area contributed by atoms with Crippen molar-refractivity contribution in [3.05, 3.63) is 36.0 Å². The molecular formula is C26H31F3N8OS. The minimum Gasteiger partial charge on any atom is -0.363 e. The molecule has 2 aliphatic rings. The van der Waals surface area contributed by atoms with Crippen LogP contribution in [0.3, 0.4) is 0 Å². The SMILES string of the molecule is CN1[C@H]2CC[C@@H]1[C@H](Nc1nccn3c(SC(F)(F)F)c(C#CCNC(=O)c4cnn(C(C)(C)C)c4)nc13)CC2. The average molecular weight is 561 g/mol. The molecule has 1 amide bonds. The van der Waals surface area contributed by atoms with Crippen LogP contribution in [0.5, 0.6) is 0 Å². The van der Waals surface area contributed by atoms with Gasteiger partial charge in [0.25, 0.3) is 5.91 Å². The predicted octanol–water partition coefficient (Wildman–Crippen LogP) is 4.11. The second-order valence-corrected chi connectivity index (χ2v) is 12.0. The van der Waals surface area contributed by atoms with Crippen molar-refractivity contribution in [2.75, 3.05) is 18.9 Å². The lowest BCUT2D eigenvalue weighted by Gasteiger charge is -2.38. The number of amides is 1. The number of aromatic nitrogens is 5. The number of hydrogen-bond acceptors (Lipinski definition) is 7. The van der Waals surface area contributed by atoms with Crippen LogP contribution < -0.4 is 10.6 Å². The van der Waals surface area contributed by atoms with Gasteiger partial charge in [-0.15, -0.1) is 0 Å². The molecule has 2 fully saturated rings. The number of halogens is 3. The van der Waals surface area contributed by atoms with Gasteiger partial charge in [0.05, 0.1) is 23.8 Å². The number of carbonyl (C=O) groups excluding carboxylic acids is 1. The van der Waals surface area contributed by atoms with E-state index in [-0.39, 0.29) is 52.2 Å². The number of nitrogens with zero attached hydrogens (tertiary/aromatic N) is 6. The third-order valence-corrected chi connectivity index (χ3v) is 8.09. The number of alkyl halides is 3. The highest BCUT2D eigenvalue weighted by atomic mass is 32.2. The predicted molar refractivity (Wildman–Crippen MR) is 143 cm³/mol. The normalized spacial score (nSPS) is 21.6. The number of thioether (sulfide) groups is 1. The molecule has 2 aliphatic heterocycles. The second kappa shape index (κ2) is 10.4. The van der Waals surface area contributed by atoms with Gasteiger partial charge in [0, 0.05) is 48.5 Å². The first-order valence-electron chi connectivity index (χ1n) is 12.8. The number of anilines is 1. The highest BCUT2D eigenvalue weighted by molar-refractivity contribution is 8.00. The standard InChI is InChI=1S/C26H31F3N8OS/c1-25(2,3)37-15-16(14-32-37)23(38)31-11-5-6-19-24(39-26(27,28)29)36-13-12-30-21(22(36)34-19)33-18-9-7-17-8-10-20(18)35(17)4/h12-15,17-18,20H,7-11H2,1-4H3,(H,30,33)(H,31,38)/t17-,18-,20-/m1/s1. The molecule has 3 aromatic heterocycles. The quantitative estimate of drug-likeness (QED) is 0.359. The molecule has 9 nitrogen and oxygen atoms in total. The van der Waals surface area contributed by atoms with Gasteiger partial charge in [0.2, 0.25) is 0 Å². The monoisotopic (exact) mass is 560 g/mol. The first kappa shape index (κ1) is 27.3. The summed E-state index contributed by atoms with van der Waals surface area (Å²) in [6.45, 7) is 5.83. The summed E-state index contributed by atoms with van der Waals surface area (Å²) in [5.74, 6) is 5.53. The van der Waals surface area contributed by atoms with Gasteiger partial charge in [-0.3, -0.25) is 18.8 Å². The highest BCUT2D eigenvalue weighted by Gasteiger charge is 2.40. The zero-order valence-electron chi connectivity index (χ0n) is 22.2. The maximum Gasteiger partial charge on any atom is 0.447 e. The summed E-state index contributed by atoms with van der Waals surface area (Å²) in [6, 6.07) is 1.08. The van der Waals surface area contributed by atoms with Gasteiger partial charge in [-0.25, -0.2) is 9.97 Å². The molecule has 13 heteroatoms. The Hall–Kier alpha value is -3.24. The van der Waals surface area contributed by atoms with Crippen molar-refractivity contribution in [1.82, 2.24) is 34.4 Å². The van der Waals surface area contributed by atoms with E-state index in [1.54, 1.807) is 10.9 Å². The van der Waals surface area contributed by atoms with Gasteiger partial charge in [-0.05, 0) is 59.4 Å². The first-order valence-corrected chi connectivity index (χ1v) is 13.7. The molecule has 0 aromatic carbocycles. The number of rotatable bonds is 5. The minimum atomic E-state index is -4.53. The van der Waals surface area contributed by atoms with E-state index in [0.29, 0.717) is 23.5 Å². The topological polar surface area (TPSA) is 92.4 Å². The van der Waals surface area contributed by atoms with E-state index in [2.05, 4.69) is 49.5 Å². The molecule has 3 atom stereocenters. The van der Waals surface area contributed by atoms with Crippen molar-refractivity contribution in [2.45, 2.75) is 80.7 Å². The molecule has 208 valence electrons. The van der Waals surface area contributed by atoms with Gasteiger partial charge in [0.15, 0.2) is 11.5 Å². The zero-order chi connectivity index (χ0) is 27.9. The molecule has 2 saturated heterocycles. The van der Waals surface area contributed by atoms with Gasteiger partial charge >= 0.3 is 5.51 Å². The van der Waals surface area contributed by atoms with Crippen molar-refractivity contribution >= 4 is 29.1 Å². The van der Waals surface area contributed by atoms with E-state index in [1.165, 1.54) is 23.0 Å². The van der Waals surface area contributed by atoms with Crippen LogP contribution in [0.15, 0.2) is 29.8 Å². The molecule has 5 rings (SSSR count). The highest BCUT2D eigenvalue weighted by Crippen LogP contribution is 2.40. The fourth-order valence-corrected chi connectivity index (χ4v) is 5.95. The average Bonchev–Trinajstić information content (AvgIpc) is 3.53. The Morgan fingerprint density at radius 3 is 2.69 bits per heavy atom. The third kappa shape index (κ3) is 5.86. The fourth-order valence-electron chi connectivity index (χ4n) is 5.29. The maximum absolute atomic E-state index is 13.5. The number of piperidine rings is 1. The summed E-state index contributed by atoms with van der Waals surface area (Å²) in [5, 5.41) is 10.2. The van der Waals surface area contributed by atoms with Crippen LogP contribution in [0.1, 0.15) is 62.5 Å². The Bertz CT molecular complexity index is 1430. The van der Waals surface area contributed by atoms with Crippen LogP contribution in [0.4, 0.5) is 19.0 Å². The molecule has 0 saturated carbocycles. The molecule has 2 N–H and O–H groups in total. The summed E-state index contributed by atoms with van der Waals surface area (Å²) in [4.78, 5) is 23.7. The van der Waals surface area contributed by atoms with Gasteiger partial charge in [-0.2, -0.15) is 18.3 Å². The lowest BCUT2D eigenvalue weighted by molar-refractivity contribution is -0.0330. The van der Waals surface area contributed by atoms with Gasteiger partial charge in [0.1, 0.15) is 10.7 Å². The lowest BCUT2D eigenvalue weighted by Crippen LogP contribution is -2.48. The van der Waals surface area contributed by atoms with Crippen LogP contribution in [-0.4, -0.2) is 72.2 Å². The summed E-state index contributed by atoms with van der Waals surface area (Å²) in [7, 11) is 2.13. The number of carbonyl (C=O) groups is 1. The van der Waals surface area contributed by atoms with Crippen molar-refractivity contribution < 1.29 is 18.0 Å². The van der Waals surface area contributed by atoms with E-state index < -0.39 is 5.51 Å². The van der Waals surface area contributed by atoms with Crippen molar-refractivity contribution in [3.8, 4) is 11.8 Å². The van der Waals surface area contributed by atoms with Crippen molar-refractivity contribution in [2.24, 2.45) is 0 Å². The van der Waals surface area contributed by atoms with Gasteiger partial charge in [-0.1, -0.05) is 5.92 Å². The van der Waals surface area contributed by atoms with Crippen LogP contribution in [-0.2, 0) is 5.54 Å². The molecule has 39 heavy (non-hydrogen) atoms. The Labute approximate surface area is 228 Å². The molecular weight excluding hydrogens is 529 g/mol. The summed E-state index contributed by atoms with van der Waals surface area (Å²) >= 11 is -0.268. The third-order valence-electron chi connectivity index (χ3n) is 7.28. The first-order chi connectivity index (χ1) is 18.4. The number of imidazole rings is 1. The van der Waals surface area contributed by atoms with E-state index >= 15 is 0 Å². The van der Waals surface area contributed by atoms with E-state index in [0.717, 1.165) is 25.7 Å². The summed E-state index contributed by atoms with van der Waals surface area (Å²) in [5.41, 5.74) is -4.17. The van der Waals surface area contributed by atoms with Crippen LogP contribution in [0.25, 0.3) is 5.65 Å². The summed E-state index contributed by atoms with van der Waals surface area (Å²) < 4.78 is 43.5. The molecule has 0 aliphatic carbocycles.